The van der Waals surface area contributed by atoms with Gasteiger partial charge in [-0.15, -0.1) is 0 Å². The van der Waals surface area contributed by atoms with E-state index in [0.717, 1.165) is 43.0 Å². The third-order valence-electron chi connectivity index (χ3n) is 5.56. The first-order valence-electron chi connectivity index (χ1n) is 9.88. The first-order chi connectivity index (χ1) is 15.4. The van der Waals surface area contributed by atoms with E-state index in [2.05, 4.69) is 44.8 Å². The second-order valence-corrected chi connectivity index (χ2v) is 9.31. The van der Waals surface area contributed by atoms with Gasteiger partial charge in [0.2, 0.25) is 5.91 Å². The number of hydrogen-bond donors (Lipinski definition) is 1. The summed E-state index contributed by atoms with van der Waals surface area (Å²) in [5, 5.41) is 2.80. The maximum Gasteiger partial charge on any atom is 0.249 e. The van der Waals surface area contributed by atoms with Gasteiger partial charge in [-0.3, -0.25) is 4.79 Å². The molecule has 0 unspecified atom stereocenters. The van der Waals surface area contributed by atoms with Crippen LogP contribution in [-0.4, -0.2) is 10.5 Å². The van der Waals surface area contributed by atoms with Crippen molar-refractivity contribution >= 4 is 66.8 Å². The number of nitrogens with two attached hydrogens (primary N) is 1. The quantitative estimate of drug-likeness (QED) is 0.261. The lowest BCUT2D eigenvalue weighted by atomic mass is 10.0. The highest BCUT2D eigenvalue weighted by Crippen LogP contribution is 2.37. The molecule has 1 radical (unpaired) electrons. The van der Waals surface area contributed by atoms with Crippen LogP contribution in [0.25, 0.3) is 32.9 Å². The Bertz CT molecular complexity index is 1510. The smallest absolute Gasteiger partial charge is 0.249 e. The van der Waals surface area contributed by atoms with Crippen LogP contribution in [0.15, 0.2) is 77.3 Å². The van der Waals surface area contributed by atoms with Crippen LogP contribution in [0, 0.1) is 6.07 Å². The van der Waals surface area contributed by atoms with E-state index in [9.17, 15) is 4.79 Å². The Morgan fingerprint density at radius 3 is 2.50 bits per heavy atom. The van der Waals surface area contributed by atoms with E-state index in [1.54, 1.807) is 12.1 Å². The van der Waals surface area contributed by atoms with Crippen molar-refractivity contribution in [1.82, 2.24) is 4.57 Å². The summed E-state index contributed by atoms with van der Waals surface area (Å²) in [6.07, 6.45) is 0. The molecule has 0 spiro atoms. The van der Waals surface area contributed by atoms with E-state index in [0.29, 0.717) is 22.2 Å². The summed E-state index contributed by atoms with van der Waals surface area (Å²) in [7, 11) is 0. The average Bonchev–Trinajstić information content (AvgIpc) is 3.08. The zero-order valence-electron chi connectivity index (χ0n) is 16.7. The van der Waals surface area contributed by atoms with Crippen molar-refractivity contribution in [1.29, 1.82) is 0 Å². The second kappa shape index (κ2) is 8.28. The molecule has 3 nitrogen and oxygen atoms in total. The molecule has 1 aromatic heterocycles. The van der Waals surface area contributed by atoms with Gasteiger partial charge in [0.25, 0.3) is 0 Å². The zero-order chi connectivity index (χ0) is 22.4. The van der Waals surface area contributed by atoms with Gasteiger partial charge >= 0.3 is 0 Å². The Hall–Kier alpha value is -2.79. The maximum atomic E-state index is 12.2. The summed E-state index contributed by atoms with van der Waals surface area (Å²) >= 11 is 16.0. The number of nitrogens with zero attached hydrogens (tertiary/aromatic N) is 1. The average molecular weight is 523 g/mol. The van der Waals surface area contributed by atoms with Crippen molar-refractivity contribution in [3.8, 4) is 11.1 Å². The number of amides is 1. The van der Waals surface area contributed by atoms with Crippen molar-refractivity contribution in [3.63, 3.8) is 0 Å². The molecule has 5 rings (SSSR count). The predicted octanol–water partition coefficient (Wildman–Crippen LogP) is 7.48. The van der Waals surface area contributed by atoms with E-state index < -0.39 is 5.91 Å². The number of carbonyl (C=O) groups excluding carboxylic acids is 1. The molecular formula is C26H16BrCl2N2O. The molecule has 4 aromatic carbocycles. The molecule has 0 atom stereocenters. The van der Waals surface area contributed by atoms with Crippen molar-refractivity contribution in [2.75, 3.05) is 0 Å². The van der Waals surface area contributed by atoms with Crippen LogP contribution in [0.5, 0.6) is 0 Å². The number of rotatable bonds is 4. The molecule has 6 heteroatoms. The minimum Gasteiger partial charge on any atom is -0.366 e. The van der Waals surface area contributed by atoms with E-state index in [1.807, 2.05) is 42.5 Å². The summed E-state index contributed by atoms with van der Waals surface area (Å²) in [5.74, 6) is -0.462. The van der Waals surface area contributed by atoms with E-state index >= 15 is 0 Å². The van der Waals surface area contributed by atoms with Crippen LogP contribution >= 0.6 is 39.1 Å². The highest BCUT2D eigenvalue weighted by molar-refractivity contribution is 9.10. The van der Waals surface area contributed by atoms with Crippen LogP contribution in [0.1, 0.15) is 15.9 Å². The lowest BCUT2D eigenvalue weighted by Crippen LogP contribution is -2.11. The predicted molar refractivity (Wildman–Crippen MR) is 135 cm³/mol. The fourth-order valence-corrected chi connectivity index (χ4v) is 4.86. The van der Waals surface area contributed by atoms with Gasteiger partial charge in [-0.25, -0.2) is 0 Å². The minimum atomic E-state index is -0.462. The first-order valence-corrected chi connectivity index (χ1v) is 11.4. The Labute approximate surface area is 203 Å². The van der Waals surface area contributed by atoms with Gasteiger partial charge < -0.3 is 10.3 Å². The molecule has 1 amide bonds. The number of halogens is 3. The zero-order valence-corrected chi connectivity index (χ0v) is 19.8. The number of hydrogen-bond acceptors (Lipinski definition) is 1. The van der Waals surface area contributed by atoms with Crippen LogP contribution in [-0.2, 0) is 6.54 Å². The number of aromatic nitrogens is 1. The molecule has 0 aliphatic rings. The third kappa shape index (κ3) is 3.69. The fourth-order valence-electron chi connectivity index (χ4n) is 4.08. The molecule has 1 heterocycles. The van der Waals surface area contributed by atoms with Gasteiger partial charge in [0.15, 0.2) is 0 Å². The van der Waals surface area contributed by atoms with Crippen molar-refractivity contribution in [2.45, 2.75) is 6.54 Å². The van der Waals surface area contributed by atoms with Crippen LogP contribution in [0.2, 0.25) is 10.0 Å². The molecule has 0 saturated heterocycles. The van der Waals surface area contributed by atoms with E-state index in [1.165, 1.54) is 0 Å². The number of carbonyl (C=O) groups is 1. The monoisotopic (exact) mass is 521 g/mol. The maximum absolute atomic E-state index is 12.2. The number of primary amides is 1. The van der Waals surface area contributed by atoms with Crippen molar-refractivity contribution < 1.29 is 4.79 Å². The molecule has 0 aliphatic carbocycles. The fraction of sp³-hybridized carbons (Fsp3) is 0.0385. The van der Waals surface area contributed by atoms with Crippen LogP contribution in [0.3, 0.4) is 0 Å². The van der Waals surface area contributed by atoms with E-state index in [-0.39, 0.29) is 0 Å². The van der Waals surface area contributed by atoms with Gasteiger partial charge in [-0.1, -0.05) is 63.4 Å². The van der Waals surface area contributed by atoms with Gasteiger partial charge in [0.05, 0.1) is 11.0 Å². The summed E-state index contributed by atoms with van der Waals surface area (Å²) in [6, 6.07) is 26.6. The normalized spacial score (nSPS) is 11.3. The summed E-state index contributed by atoms with van der Waals surface area (Å²) in [5.41, 5.74) is 11.0. The van der Waals surface area contributed by atoms with Crippen LogP contribution < -0.4 is 5.73 Å². The summed E-state index contributed by atoms with van der Waals surface area (Å²) in [4.78, 5) is 12.2. The Morgan fingerprint density at radius 2 is 1.78 bits per heavy atom. The first kappa shape index (κ1) is 21.1. The van der Waals surface area contributed by atoms with E-state index in [4.69, 9.17) is 28.9 Å². The summed E-state index contributed by atoms with van der Waals surface area (Å²) in [6.45, 7) is 0.626. The Morgan fingerprint density at radius 1 is 1.00 bits per heavy atom. The van der Waals surface area contributed by atoms with Crippen LogP contribution in [0.4, 0.5) is 0 Å². The summed E-state index contributed by atoms with van der Waals surface area (Å²) < 4.78 is 3.21. The molecular weight excluding hydrogens is 507 g/mol. The highest BCUT2D eigenvalue weighted by atomic mass is 79.9. The second-order valence-electron chi connectivity index (χ2n) is 7.55. The number of fused-ring (bicyclic) bond motifs is 3. The molecule has 0 fully saturated rings. The standard InChI is InChI=1S/C26H16BrCl2N2O/c27-17-7-4-15(5-8-17)14-31-23-3-1-2-21(26(30)32)25(23)20-10-6-16(12-24(20)31)19-11-9-18(28)13-22(19)29/h1-9,11-13H,14H2,(H2,30,32). The van der Waals surface area contributed by atoms with Gasteiger partial charge in [0, 0.05) is 43.0 Å². The van der Waals surface area contributed by atoms with Crippen molar-refractivity contribution in [3.05, 3.63) is 105 Å². The largest absolute Gasteiger partial charge is 0.366 e. The Balaban J connectivity index is 1.80. The molecule has 32 heavy (non-hydrogen) atoms. The van der Waals surface area contributed by atoms with Gasteiger partial charge in [-0.2, -0.15) is 0 Å². The molecule has 0 saturated carbocycles. The van der Waals surface area contributed by atoms with Gasteiger partial charge in [0.1, 0.15) is 0 Å². The SMILES string of the molecule is NC(=O)c1cccc2c1c1[c]cc(-c3ccc(Cl)cc3Cl)cc1n2Cc1ccc(Br)cc1. The lowest BCUT2D eigenvalue weighted by Gasteiger charge is -2.10. The molecule has 0 aliphatic heterocycles. The van der Waals surface area contributed by atoms with Gasteiger partial charge in [-0.05, 0) is 65.7 Å². The minimum absolute atomic E-state index is 0.462. The number of benzene rings is 4. The molecule has 5 aromatic rings. The Kier molecular flexibility index (Phi) is 5.46. The molecule has 0 bridgehead atoms. The highest BCUT2D eigenvalue weighted by Gasteiger charge is 2.18. The third-order valence-corrected chi connectivity index (χ3v) is 6.63. The topological polar surface area (TPSA) is 48.0 Å². The lowest BCUT2D eigenvalue weighted by molar-refractivity contribution is 0.100. The van der Waals surface area contributed by atoms with Crippen molar-refractivity contribution in [2.24, 2.45) is 5.73 Å². The molecule has 157 valence electrons. The molecule has 2 N–H and O–H groups in total.